The number of aliphatic carboxylic acids is 1. The van der Waals surface area contributed by atoms with Crippen LogP contribution < -0.4 is 4.74 Å². The maximum absolute atomic E-state index is 13.3. The molecule has 2 rings (SSSR count). The molecule has 2 aromatic rings. The molecule has 0 spiro atoms. The predicted molar refractivity (Wildman–Crippen MR) is 81.4 cm³/mol. The number of halogens is 1. The van der Waals surface area contributed by atoms with Crippen LogP contribution in [0.2, 0.25) is 0 Å². The number of hydrogen-bond donors (Lipinski definition) is 1. The lowest BCUT2D eigenvalue weighted by Crippen LogP contribution is -1.92. The molecule has 5 heteroatoms. The summed E-state index contributed by atoms with van der Waals surface area (Å²) < 4.78 is 19.1. The average molecular weight is 304 g/mol. The van der Waals surface area contributed by atoms with Gasteiger partial charge in [0.2, 0.25) is 0 Å². The van der Waals surface area contributed by atoms with Crippen LogP contribution in [0.5, 0.6) is 11.5 Å². The number of ether oxygens (including phenoxy) is 1. The van der Waals surface area contributed by atoms with E-state index >= 15 is 0 Å². The molecule has 0 unspecified atom stereocenters. The summed E-state index contributed by atoms with van der Waals surface area (Å²) in [4.78, 5) is 11.5. The van der Waals surface area contributed by atoms with Crippen molar-refractivity contribution >= 4 is 23.8 Å². The summed E-state index contributed by atoms with van der Waals surface area (Å²) in [7, 11) is 0. The van der Waals surface area contributed by atoms with Gasteiger partial charge >= 0.3 is 5.97 Å². The van der Waals surface area contributed by atoms with Crippen LogP contribution in [0.15, 0.2) is 53.4 Å². The number of carboxylic acid groups (broad SMARTS) is 1. The quantitative estimate of drug-likeness (QED) is 0.655. The molecule has 0 fully saturated rings. The van der Waals surface area contributed by atoms with Gasteiger partial charge in [0.25, 0.3) is 0 Å². The smallest absolute Gasteiger partial charge is 0.328 e. The largest absolute Gasteiger partial charge is 0.478 e. The third-order valence-electron chi connectivity index (χ3n) is 2.67. The van der Waals surface area contributed by atoms with Crippen LogP contribution in [0, 0.1) is 5.82 Å². The fourth-order valence-electron chi connectivity index (χ4n) is 1.73. The van der Waals surface area contributed by atoms with Crippen molar-refractivity contribution in [3.8, 4) is 11.5 Å². The highest BCUT2D eigenvalue weighted by Crippen LogP contribution is 2.33. The lowest BCUT2D eigenvalue weighted by molar-refractivity contribution is -0.131. The van der Waals surface area contributed by atoms with Gasteiger partial charge in [-0.05, 0) is 42.7 Å². The van der Waals surface area contributed by atoms with E-state index in [1.165, 1.54) is 36.0 Å². The summed E-state index contributed by atoms with van der Waals surface area (Å²) in [6.07, 6.45) is 4.18. The van der Waals surface area contributed by atoms with Crippen molar-refractivity contribution in [3.05, 3.63) is 59.9 Å². The highest BCUT2D eigenvalue weighted by molar-refractivity contribution is 7.98. The third-order valence-corrected chi connectivity index (χ3v) is 3.44. The second kappa shape index (κ2) is 6.95. The van der Waals surface area contributed by atoms with Crippen molar-refractivity contribution in [2.45, 2.75) is 4.90 Å². The van der Waals surface area contributed by atoms with Crippen molar-refractivity contribution in [2.24, 2.45) is 0 Å². The highest BCUT2D eigenvalue weighted by Gasteiger charge is 2.08. The topological polar surface area (TPSA) is 46.5 Å². The number of carbonyl (C=O) groups is 1. The molecule has 0 saturated carbocycles. The van der Waals surface area contributed by atoms with Gasteiger partial charge < -0.3 is 9.84 Å². The fourth-order valence-corrected chi connectivity index (χ4v) is 2.25. The summed E-state index contributed by atoms with van der Waals surface area (Å²) in [5, 5.41) is 8.68. The fraction of sp³-hybridized carbons (Fsp3) is 0.0625. The number of carboxylic acids is 1. The van der Waals surface area contributed by atoms with Crippen LogP contribution in [0.25, 0.3) is 6.08 Å². The van der Waals surface area contributed by atoms with Gasteiger partial charge in [-0.25, -0.2) is 9.18 Å². The van der Waals surface area contributed by atoms with Gasteiger partial charge in [0.15, 0.2) is 0 Å². The first-order valence-electron chi connectivity index (χ1n) is 6.11. The minimum atomic E-state index is -1.10. The number of para-hydroxylation sites is 1. The van der Waals surface area contributed by atoms with E-state index < -0.39 is 11.8 Å². The SMILES string of the molecule is CSc1ccccc1Oc1ccc(F)cc1C=CC(=O)O. The molecule has 21 heavy (non-hydrogen) atoms. The molecule has 0 radical (unpaired) electrons. The van der Waals surface area contributed by atoms with Gasteiger partial charge in [-0.2, -0.15) is 0 Å². The zero-order valence-corrected chi connectivity index (χ0v) is 12.1. The first-order chi connectivity index (χ1) is 10.1. The Bertz CT molecular complexity index is 683. The van der Waals surface area contributed by atoms with Gasteiger partial charge in [-0.3, -0.25) is 0 Å². The third kappa shape index (κ3) is 4.10. The highest BCUT2D eigenvalue weighted by atomic mass is 32.2. The molecule has 0 bridgehead atoms. The van der Waals surface area contributed by atoms with E-state index in [-0.39, 0.29) is 0 Å². The van der Waals surface area contributed by atoms with Crippen molar-refractivity contribution in [1.29, 1.82) is 0 Å². The van der Waals surface area contributed by atoms with Gasteiger partial charge in [0, 0.05) is 16.5 Å². The van der Waals surface area contributed by atoms with E-state index in [4.69, 9.17) is 9.84 Å². The number of thioether (sulfide) groups is 1. The Balaban J connectivity index is 2.37. The molecule has 108 valence electrons. The Morgan fingerprint density at radius 1 is 1.24 bits per heavy atom. The Morgan fingerprint density at radius 2 is 2.00 bits per heavy atom. The zero-order valence-electron chi connectivity index (χ0n) is 11.2. The van der Waals surface area contributed by atoms with Gasteiger partial charge in [-0.15, -0.1) is 11.8 Å². The molecule has 0 atom stereocenters. The lowest BCUT2D eigenvalue weighted by atomic mass is 10.2. The van der Waals surface area contributed by atoms with E-state index in [2.05, 4.69) is 0 Å². The molecule has 0 saturated heterocycles. The van der Waals surface area contributed by atoms with Crippen molar-refractivity contribution in [3.63, 3.8) is 0 Å². The standard InChI is InChI=1S/C16H13FO3S/c1-21-15-5-3-2-4-14(15)20-13-8-7-12(17)10-11(13)6-9-16(18)19/h2-10H,1H3,(H,18,19). The van der Waals surface area contributed by atoms with Crippen molar-refractivity contribution in [1.82, 2.24) is 0 Å². The normalized spacial score (nSPS) is 10.8. The van der Waals surface area contributed by atoms with Crippen molar-refractivity contribution < 1.29 is 19.0 Å². The molecule has 3 nitrogen and oxygen atoms in total. The predicted octanol–water partition coefficient (Wildman–Crippen LogP) is 4.44. The molecule has 2 aromatic carbocycles. The van der Waals surface area contributed by atoms with E-state index in [9.17, 15) is 9.18 Å². The Hall–Kier alpha value is -2.27. The molecule has 0 heterocycles. The van der Waals surface area contributed by atoms with Gasteiger partial charge in [-0.1, -0.05) is 12.1 Å². The zero-order chi connectivity index (χ0) is 15.2. The minimum Gasteiger partial charge on any atom is -0.478 e. The van der Waals surface area contributed by atoms with Crippen LogP contribution in [0.4, 0.5) is 4.39 Å². The van der Waals surface area contributed by atoms with E-state index in [0.29, 0.717) is 17.1 Å². The van der Waals surface area contributed by atoms with E-state index in [1.54, 1.807) is 6.07 Å². The number of rotatable bonds is 5. The summed E-state index contributed by atoms with van der Waals surface area (Å²) in [6.45, 7) is 0. The molecular formula is C16H13FO3S. The summed E-state index contributed by atoms with van der Waals surface area (Å²) in [5.41, 5.74) is 0.369. The van der Waals surface area contributed by atoms with Crippen molar-refractivity contribution in [2.75, 3.05) is 6.26 Å². The summed E-state index contributed by atoms with van der Waals surface area (Å²) >= 11 is 1.53. The van der Waals surface area contributed by atoms with E-state index in [0.717, 1.165) is 11.0 Å². The summed E-state index contributed by atoms with van der Waals surface area (Å²) in [5.74, 6) is -0.516. The average Bonchev–Trinajstić information content (AvgIpc) is 2.48. The molecule has 1 N–H and O–H groups in total. The molecule has 0 aliphatic heterocycles. The first kappa shape index (κ1) is 15.1. The van der Waals surface area contributed by atoms with E-state index in [1.807, 2.05) is 24.5 Å². The second-order valence-electron chi connectivity index (χ2n) is 4.11. The lowest BCUT2D eigenvalue weighted by Gasteiger charge is -2.11. The molecule has 0 aliphatic rings. The molecule has 0 amide bonds. The number of benzene rings is 2. The maximum Gasteiger partial charge on any atom is 0.328 e. The second-order valence-corrected chi connectivity index (χ2v) is 4.95. The Kier molecular flexibility index (Phi) is 5.00. The van der Waals surface area contributed by atoms with Crippen LogP contribution in [0.1, 0.15) is 5.56 Å². The van der Waals surface area contributed by atoms with Crippen LogP contribution in [0.3, 0.4) is 0 Å². The van der Waals surface area contributed by atoms with Crippen LogP contribution in [-0.2, 0) is 4.79 Å². The van der Waals surface area contributed by atoms with Crippen LogP contribution >= 0.6 is 11.8 Å². The first-order valence-corrected chi connectivity index (χ1v) is 7.34. The molecular weight excluding hydrogens is 291 g/mol. The maximum atomic E-state index is 13.3. The minimum absolute atomic E-state index is 0.369. The number of hydrogen-bond acceptors (Lipinski definition) is 3. The monoisotopic (exact) mass is 304 g/mol. The summed E-state index contributed by atoms with van der Waals surface area (Å²) in [6, 6.07) is 11.4. The molecule has 0 aromatic heterocycles. The Morgan fingerprint density at radius 3 is 2.71 bits per heavy atom. The molecule has 0 aliphatic carbocycles. The van der Waals surface area contributed by atoms with Gasteiger partial charge in [0.1, 0.15) is 17.3 Å². The van der Waals surface area contributed by atoms with Gasteiger partial charge in [0.05, 0.1) is 0 Å². The Labute approximate surface area is 126 Å². The van der Waals surface area contributed by atoms with Crippen LogP contribution in [-0.4, -0.2) is 17.3 Å².